The number of unbranched alkanes of at least 4 members (excludes halogenated alkanes) is 4. The number of nitrogens with zero attached hydrogens (tertiary/aromatic N) is 2. The average molecular weight is 465 g/mol. The van der Waals surface area contributed by atoms with Crippen molar-refractivity contribution in [3.05, 3.63) is 0 Å². The molecule has 0 saturated carbocycles. The molecule has 32 heavy (non-hydrogen) atoms. The predicted molar refractivity (Wildman–Crippen MR) is 142 cm³/mol. The van der Waals surface area contributed by atoms with Gasteiger partial charge in [-0.05, 0) is 25.7 Å². The van der Waals surface area contributed by atoms with Gasteiger partial charge in [-0.3, -0.25) is 42.9 Å². The van der Waals surface area contributed by atoms with Gasteiger partial charge in [-0.25, -0.2) is 0 Å². The van der Waals surface area contributed by atoms with E-state index in [-0.39, 0.29) is 14.8 Å². The zero-order valence-electron chi connectivity index (χ0n) is 23.0. The summed E-state index contributed by atoms with van der Waals surface area (Å²) in [5.41, 5.74) is 40.7. The Bertz CT molecular complexity index is 394. The van der Waals surface area contributed by atoms with Crippen molar-refractivity contribution in [3.8, 4) is 0 Å². The molecule has 0 heterocycles. The van der Waals surface area contributed by atoms with E-state index in [9.17, 15) is 0 Å². The highest BCUT2D eigenvalue weighted by Crippen LogP contribution is 1.85. The molecule has 0 radical (unpaired) electrons. The van der Waals surface area contributed by atoms with Gasteiger partial charge >= 0.3 is 14.8 Å². The molecule has 0 aliphatic carbocycles. The first kappa shape index (κ1) is 36.5. The summed E-state index contributed by atoms with van der Waals surface area (Å²) in [4.78, 5) is 13.2. The third-order valence-corrected chi connectivity index (χ3v) is 3.33. The fourth-order valence-electron chi connectivity index (χ4n) is 1.55. The molecule has 0 aliphatic rings. The molecule has 0 atom stereocenters. The maximum Gasteiger partial charge on any atom is 1.00 e. The van der Waals surface area contributed by atoms with Crippen LogP contribution >= 0.6 is 0 Å². The van der Waals surface area contributed by atoms with Gasteiger partial charge in [-0.1, -0.05) is 53.4 Å². The summed E-state index contributed by atoms with van der Waals surface area (Å²) in [6.07, 6.45) is 8.99. The van der Waals surface area contributed by atoms with E-state index in [1.807, 2.05) is 0 Å². The Morgan fingerprint density at radius 1 is 0.531 bits per heavy atom. The first-order valence-corrected chi connectivity index (χ1v) is 11.4. The number of nitrogens with two attached hydrogens (primary N) is 8. The second-order valence-corrected chi connectivity index (χ2v) is 6.79. The van der Waals surface area contributed by atoms with Crippen LogP contribution in [0.25, 0.3) is 0 Å². The second-order valence-electron chi connectivity index (χ2n) is 6.79. The molecule has 0 aromatic carbocycles. The van der Waals surface area contributed by atoms with Gasteiger partial charge in [0, 0.05) is 13.1 Å². The second kappa shape index (κ2) is 32.7. The minimum atomic E-state index is 0. The standard InChI is InChI=1S/4C5H13N3/c4*1-2-3-4-8-5(6)7/h4*2-4H2,1H3,(H4,6,7,8)/p+4. The fourth-order valence-corrected chi connectivity index (χ4v) is 1.55. The largest absolute Gasteiger partial charge is 1.00 e. The molecule has 12 nitrogen and oxygen atoms in total. The molecule has 0 saturated heterocycles. The molecular formula is C20H56N12+4. The van der Waals surface area contributed by atoms with Gasteiger partial charge in [0.25, 0.3) is 0 Å². The lowest BCUT2D eigenvalue weighted by molar-refractivity contribution is -0.460. The first-order valence-electron chi connectivity index (χ1n) is 11.4. The van der Waals surface area contributed by atoms with E-state index in [4.69, 9.17) is 45.9 Å². The van der Waals surface area contributed by atoms with Crippen molar-refractivity contribution in [1.29, 1.82) is 0 Å². The molecule has 192 valence electrons. The van der Waals surface area contributed by atoms with Crippen molar-refractivity contribution in [3.63, 3.8) is 0 Å². The smallest absolute Gasteiger partial charge is 0.370 e. The van der Waals surface area contributed by atoms with Crippen LogP contribution in [-0.4, -0.2) is 50.0 Å². The summed E-state index contributed by atoms with van der Waals surface area (Å²) in [5.74, 6) is 1.02. The zero-order valence-corrected chi connectivity index (χ0v) is 21.0. The van der Waals surface area contributed by atoms with Gasteiger partial charge in [0.05, 0.1) is 13.1 Å². The summed E-state index contributed by atoms with van der Waals surface area (Å²) < 4.78 is 0. The highest BCUT2D eigenvalue weighted by Gasteiger charge is 1.84. The van der Waals surface area contributed by atoms with Crippen LogP contribution in [-0.2, 0) is 0 Å². The molecule has 0 spiro atoms. The third-order valence-electron chi connectivity index (χ3n) is 3.33. The number of aliphatic imine (C=N–C) groups is 2. The van der Waals surface area contributed by atoms with Gasteiger partial charge < -0.3 is 22.9 Å². The predicted octanol–water partition coefficient (Wildman–Crippen LogP) is -3.37. The topological polar surface area (TPSA) is 261 Å². The van der Waals surface area contributed by atoms with Crippen LogP contribution in [0.1, 0.15) is 81.9 Å². The van der Waals surface area contributed by atoms with E-state index in [0.717, 1.165) is 64.7 Å². The van der Waals surface area contributed by atoms with Crippen LogP contribution < -0.4 is 55.9 Å². The lowest BCUT2D eigenvalue weighted by Gasteiger charge is -1.89. The zero-order chi connectivity index (χ0) is 25.6. The number of nitrogens with one attached hydrogen (secondary N) is 2. The molecule has 0 unspecified atom stereocenters. The van der Waals surface area contributed by atoms with Gasteiger partial charge in [0.1, 0.15) is 0 Å². The van der Waals surface area contributed by atoms with E-state index in [1.54, 1.807) is 0 Å². The van der Waals surface area contributed by atoms with Crippen molar-refractivity contribution in [2.45, 2.75) is 79.1 Å². The van der Waals surface area contributed by atoms with Crippen LogP contribution in [0.2, 0.25) is 0 Å². The van der Waals surface area contributed by atoms with E-state index < -0.39 is 0 Å². The van der Waals surface area contributed by atoms with Gasteiger partial charge in [0.2, 0.25) is 0 Å². The Hall–Kier alpha value is -2.92. The maximum absolute atomic E-state index is 5.12. The molecule has 0 rings (SSSR count). The monoisotopic (exact) mass is 464 g/mol. The SMILES string of the molecule is CCCCN=C(N)N.CCCCN=C(N)N.CCCC[NH+]=C(N)N.CCCC[NH+]=C(N)N.[H+].[H+]. The van der Waals surface area contributed by atoms with E-state index in [1.165, 1.54) is 12.8 Å². The van der Waals surface area contributed by atoms with Crippen molar-refractivity contribution in [1.82, 2.24) is 0 Å². The molecule has 0 amide bonds. The highest BCUT2D eigenvalue weighted by molar-refractivity contribution is 5.75. The molecule has 0 fully saturated rings. The van der Waals surface area contributed by atoms with Crippen LogP contribution in [0.5, 0.6) is 0 Å². The Labute approximate surface area is 198 Å². The normalized spacial score (nSPS) is 8.62. The number of hydrogen-bond acceptors (Lipinski definition) is 2. The van der Waals surface area contributed by atoms with Crippen LogP contribution in [0, 0.1) is 0 Å². The molecule has 0 aliphatic heterocycles. The Kier molecular flexibility index (Phi) is 37.3. The molecular weight excluding hydrogens is 408 g/mol. The summed E-state index contributed by atoms with van der Waals surface area (Å²) in [7, 11) is 0. The van der Waals surface area contributed by atoms with Gasteiger partial charge in [-0.2, -0.15) is 0 Å². The summed E-state index contributed by atoms with van der Waals surface area (Å²) in [6, 6.07) is 0. The Morgan fingerprint density at radius 3 is 1.00 bits per heavy atom. The van der Waals surface area contributed by atoms with E-state index in [0.29, 0.717) is 11.9 Å². The molecule has 18 N–H and O–H groups in total. The van der Waals surface area contributed by atoms with Gasteiger partial charge in [0.15, 0.2) is 11.9 Å². The lowest BCUT2D eigenvalue weighted by atomic mass is 10.3. The maximum atomic E-state index is 5.12. The van der Waals surface area contributed by atoms with E-state index >= 15 is 0 Å². The first-order chi connectivity index (χ1) is 15.1. The summed E-state index contributed by atoms with van der Waals surface area (Å²) in [6.45, 7) is 11.7. The lowest BCUT2D eigenvalue weighted by Crippen LogP contribution is -2.78. The summed E-state index contributed by atoms with van der Waals surface area (Å²) in [5, 5.41) is 0. The van der Waals surface area contributed by atoms with Gasteiger partial charge in [-0.15, -0.1) is 0 Å². The minimum Gasteiger partial charge on any atom is -0.370 e. The fraction of sp³-hybridized carbons (Fsp3) is 0.800. The quantitative estimate of drug-likeness (QED) is 0.0789. The summed E-state index contributed by atoms with van der Waals surface area (Å²) >= 11 is 0. The average Bonchev–Trinajstić information content (AvgIpc) is 2.69. The van der Waals surface area contributed by atoms with Crippen LogP contribution in [0.3, 0.4) is 0 Å². The van der Waals surface area contributed by atoms with Crippen molar-refractivity contribution >= 4 is 23.8 Å². The third kappa shape index (κ3) is 63.1. The molecule has 0 aromatic rings. The van der Waals surface area contributed by atoms with Crippen molar-refractivity contribution in [2.24, 2.45) is 55.9 Å². The van der Waals surface area contributed by atoms with Crippen molar-refractivity contribution in [2.75, 3.05) is 26.2 Å². The number of hydrogen-bond donors (Lipinski definition) is 10. The van der Waals surface area contributed by atoms with Crippen LogP contribution in [0.15, 0.2) is 9.98 Å². The Balaban J connectivity index is -0.0000000754. The number of guanidine groups is 4. The minimum absolute atomic E-state index is 0. The highest BCUT2D eigenvalue weighted by atomic mass is 15.0. The Morgan fingerprint density at radius 2 is 0.812 bits per heavy atom. The number of rotatable bonds is 12. The van der Waals surface area contributed by atoms with E-state index in [2.05, 4.69) is 47.7 Å². The molecule has 0 bridgehead atoms. The molecule has 0 aromatic heterocycles. The van der Waals surface area contributed by atoms with Crippen LogP contribution in [0.4, 0.5) is 0 Å². The molecule has 12 heteroatoms. The van der Waals surface area contributed by atoms with Crippen molar-refractivity contribution < 1.29 is 12.8 Å².